The Balaban J connectivity index is 1.85. The lowest BCUT2D eigenvalue weighted by atomic mass is 9.89. The summed E-state index contributed by atoms with van der Waals surface area (Å²) in [4.78, 5) is 11.8. The van der Waals surface area contributed by atoms with Crippen LogP contribution in [0.15, 0.2) is 0 Å². The van der Waals surface area contributed by atoms with Crippen molar-refractivity contribution < 1.29 is 14.6 Å². The molecule has 0 radical (unpaired) electrons. The third-order valence-electron chi connectivity index (χ3n) is 3.61. The van der Waals surface area contributed by atoms with E-state index in [9.17, 15) is 9.90 Å². The van der Waals surface area contributed by atoms with Crippen LogP contribution in [0.4, 0.5) is 0 Å². The van der Waals surface area contributed by atoms with Crippen molar-refractivity contribution in [1.82, 2.24) is 0 Å². The Morgan fingerprint density at radius 2 is 1.67 bits per heavy atom. The Bertz CT molecular complexity index is 225. The van der Waals surface area contributed by atoms with E-state index in [2.05, 4.69) is 0 Å². The predicted molar refractivity (Wildman–Crippen MR) is 56.1 cm³/mol. The molecule has 0 aromatic heterocycles. The van der Waals surface area contributed by atoms with Gasteiger partial charge in [0.15, 0.2) is 0 Å². The van der Waals surface area contributed by atoms with Crippen LogP contribution >= 0.6 is 0 Å². The van der Waals surface area contributed by atoms with Crippen molar-refractivity contribution in [3.63, 3.8) is 0 Å². The van der Waals surface area contributed by atoms with Crippen molar-refractivity contribution in [2.45, 2.75) is 63.6 Å². The standard InChI is InChI=1S/C12H20O3/c13-11(10-6-2-1-3-7-10)15-12(14)8-4-5-9-12/h10,14H,1-9H2. The minimum atomic E-state index is -1.13. The van der Waals surface area contributed by atoms with Gasteiger partial charge in [-0.05, 0) is 25.7 Å². The molecule has 2 fully saturated rings. The number of carbonyl (C=O) groups excluding carboxylic acids is 1. The van der Waals surface area contributed by atoms with Crippen molar-refractivity contribution >= 4 is 5.97 Å². The normalized spacial score (nSPS) is 26.5. The number of ether oxygens (including phenoxy) is 1. The van der Waals surface area contributed by atoms with E-state index in [-0.39, 0.29) is 11.9 Å². The third-order valence-corrected chi connectivity index (χ3v) is 3.61. The summed E-state index contributed by atoms with van der Waals surface area (Å²) in [6, 6.07) is 0. The van der Waals surface area contributed by atoms with Crippen LogP contribution in [-0.4, -0.2) is 16.9 Å². The highest BCUT2D eigenvalue weighted by molar-refractivity contribution is 5.72. The molecule has 86 valence electrons. The molecule has 2 aliphatic rings. The van der Waals surface area contributed by atoms with Gasteiger partial charge in [0.25, 0.3) is 0 Å². The molecule has 0 heterocycles. The van der Waals surface area contributed by atoms with Crippen LogP contribution in [-0.2, 0) is 9.53 Å². The van der Waals surface area contributed by atoms with Gasteiger partial charge in [-0.15, -0.1) is 0 Å². The first-order valence-corrected chi connectivity index (χ1v) is 6.15. The van der Waals surface area contributed by atoms with E-state index in [0.29, 0.717) is 12.8 Å². The molecule has 0 atom stereocenters. The smallest absolute Gasteiger partial charge is 0.311 e. The first-order chi connectivity index (χ1) is 7.20. The molecule has 0 spiro atoms. The van der Waals surface area contributed by atoms with Gasteiger partial charge in [0.2, 0.25) is 5.79 Å². The second-order valence-corrected chi connectivity index (χ2v) is 4.91. The molecule has 3 nitrogen and oxygen atoms in total. The summed E-state index contributed by atoms with van der Waals surface area (Å²) in [5.41, 5.74) is 0. The minimum absolute atomic E-state index is 0.0448. The Kier molecular flexibility index (Phi) is 3.29. The number of carbonyl (C=O) groups is 1. The van der Waals surface area contributed by atoms with Gasteiger partial charge < -0.3 is 9.84 Å². The molecule has 0 aromatic carbocycles. The Labute approximate surface area is 90.8 Å². The van der Waals surface area contributed by atoms with Crippen LogP contribution in [0.1, 0.15) is 57.8 Å². The van der Waals surface area contributed by atoms with Gasteiger partial charge in [-0.2, -0.15) is 0 Å². The summed E-state index contributed by atoms with van der Waals surface area (Å²) in [5, 5.41) is 9.95. The van der Waals surface area contributed by atoms with Gasteiger partial charge in [-0.25, -0.2) is 0 Å². The van der Waals surface area contributed by atoms with Crippen molar-refractivity contribution in [2.24, 2.45) is 5.92 Å². The van der Waals surface area contributed by atoms with Gasteiger partial charge in [0, 0.05) is 12.8 Å². The zero-order valence-electron chi connectivity index (χ0n) is 9.21. The van der Waals surface area contributed by atoms with Crippen LogP contribution in [0, 0.1) is 5.92 Å². The summed E-state index contributed by atoms with van der Waals surface area (Å²) in [6.07, 6.45) is 8.52. The highest BCUT2D eigenvalue weighted by Crippen LogP contribution is 2.33. The first-order valence-electron chi connectivity index (χ1n) is 6.15. The predicted octanol–water partition coefficient (Wildman–Crippen LogP) is 2.37. The Hall–Kier alpha value is -0.570. The summed E-state index contributed by atoms with van der Waals surface area (Å²) >= 11 is 0. The number of esters is 1. The Morgan fingerprint density at radius 1 is 1.07 bits per heavy atom. The fourth-order valence-electron chi connectivity index (χ4n) is 2.64. The fourth-order valence-corrected chi connectivity index (χ4v) is 2.64. The quantitative estimate of drug-likeness (QED) is 0.564. The maximum absolute atomic E-state index is 11.8. The van der Waals surface area contributed by atoms with E-state index in [1.807, 2.05) is 0 Å². The largest absolute Gasteiger partial charge is 0.433 e. The monoisotopic (exact) mass is 212 g/mol. The van der Waals surface area contributed by atoms with Crippen molar-refractivity contribution in [3.05, 3.63) is 0 Å². The number of aliphatic hydroxyl groups is 1. The average molecular weight is 212 g/mol. The van der Waals surface area contributed by atoms with Crippen molar-refractivity contribution in [1.29, 1.82) is 0 Å². The second-order valence-electron chi connectivity index (χ2n) is 4.91. The molecular formula is C12H20O3. The van der Waals surface area contributed by atoms with Crippen LogP contribution in [0.25, 0.3) is 0 Å². The molecule has 0 aromatic rings. The topological polar surface area (TPSA) is 46.5 Å². The lowest BCUT2D eigenvalue weighted by Gasteiger charge is -2.27. The summed E-state index contributed by atoms with van der Waals surface area (Å²) in [5.74, 6) is -1.25. The molecular weight excluding hydrogens is 192 g/mol. The van der Waals surface area contributed by atoms with Gasteiger partial charge in [0.05, 0.1) is 5.92 Å². The van der Waals surface area contributed by atoms with Gasteiger partial charge in [0.1, 0.15) is 0 Å². The molecule has 0 amide bonds. The summed E-state index contributed by atoms with van der Waals surface area (Å²) in [7, 11) is 0. The molecule has 1 N–H and O–H groups in total. The molecule has 0 saturated heterocycles. The minimum Gasteiger partial charge on any atom is -0.433 e. The van der Waals surface area contributed by atoms with E-state index in [1.54, 1.807) is 0 Å². The molecule has 2 aliphatic carbocycles. The molecule has 0 unspecified atom stereocenters. The Morgan fingerprint density at radius 3 is 2.27 bits per heavy atom. The van der Waals surface area contributed by atoms with Crippen molar-refractivity contribution in [3.8, 4) is 0 Å². The highest BCUT2D eigenvalue weighted by atomic mass is 16.7. The summed E-state index contributed by atoms with van der Waals surface area (Å²) < 4.78 is 5.25. The van der Waals surface area contributed by atoms with Crippen LogP contribution in [0.3, 0.4) is 0 Å². The molecule has 15 heavy (non-hydrogen) atoms. The van der Waals surface area contributed by atoms with E-state index in [0.717, 1.165) is 38.5 Å². The SMILES string of the molecule is O=C(OC1(O)CCCC1)C1CCCCC1. The van der Waals surface area contributed by atoms with Gasteiger partial charge >= 0.3 is 5.97 Å². The van der Waals surface area contributed by atoms with E-state index in [4.69, 9.17) is 4.74 Å². The van der Waals surface area contributed by atoms with Crippen molar-refractivity contribution in [2.75, 3.05) is 0 Å². The molecule has 2 rings (SSSR count). The van der Waals surface area contributed by atoms with Crippen LogP contribution in [0.2, 0.25) is 0 Å². The fraction of sp³-hybridized carbons (Fsp3) is 0.917. The van der Waals surface area contributed by atoms with Crippen LogP contribution in [0.5, 0.6) is 0 Å². The number of rotatable bonds is 2. The van der Waals surface area contributed by atoms with Crippen LogP contribution < -0.4 is 0 Å². The van der Waals surface area contributed by atoms with E-state index < -0.39 is 5.79 Å². The number of hydrogen-bond acceptors (Lipinski definition) is 3. The summed E-state index contributed by atoms with van der Waals surface area (Å²) in [6.45, 7) is 0. The zero-order valence-corrected chi connectivity index (χ0v) is 9.21. The maximum Gasteiger partial charge on any atom is 0.311 e. The molecule has 0 aliphatic heterocycles. The van der Waals surface area contributed by atoms with Gasteiger partial charge in [-0.1, -0.05) is 19.3 Å². The lowest BCUT2D eigenvalue weighted by Crippen LogP contribution is -2.34. The number of hydrogen-bond donors (Lipinski definition) is 1. The lowest BCUT2D eigenvalue weighted by molar-refractivity contribution is -0.211. The van der Waals surface area contributed by atoms with Gasteiger partial charge in [-0.3, -0.25) is 4.79 Å². The first kappa shape index (κ1) is 10.9. The molecule has 0 bridgehead atoms. The molecule has 2 saturated carbocycles. The van der Waals surface area contributed by atoms with E-state index >= 15 is 0 Å². The second kappa shape index (κ2) is 4.52. The molecule has 3 heteroatoms. The van der Waals surface area contributed by atoms with E-state index in [1.165, 1.54) is 6.42 Å². The zero-order chi connectivity index (χ0) is 10.7. The maximum atomic E-state index is 11.8. The average Bonchev–Trinajstić information content (AvgIpc) is 2.66. The third kappa shape index (κ3) is 2.71. The highest BCUT2D eigenvalue weighted by Gasteiger charge is 2.37.